The molecule has 6 nitrogen and oxygen atoms in total. The molecule has 2 aromatic heterocycles. The van der Waals surface area contributed by atoms with Gasteiger partial charge in [-0.15, -0.1) is 12.4 Å². The fourth-order valence-electron chi connectivity index (χ4n) is 3.19. The first-order valence-corrected chi connectivity index (χ1v) is 9.13. The van der Waals surface area contributed by atoms with Gasteiger partial charge in [-0.1, -0.05) is 5.16 Å². The Morgan fingerprint density at radius 3 is 2.60 bits per heavy atom. The summed E-state index contributed by atoms with van der Waals surface area (Å²) in [5.74, 6) is 0.112. The first kappa shape index (κ1) is 20.2. The molecule has 1 N–H and O–H groups in total. The van der Waals surface area contributed by atoms with Gasteiger partial charge in [0.25, 0.3) is 5.89 Å². The van der Waals surface area contributed by atoms with Gasteiger partial charge in [-0.25, -0.2) is 4.98 Å². The van der Waals surface area contributed by atoms with Crippen LogP contribution in [-0.2, 0) is 6.18 Å². The van der Waals surface area contributed by atoms with Gasteiger partial charge in [0.2, 0.25) is 5.82 Å². The predicted molar refractivity (Wildman–Crippen MR) is 105 cm³/mol. The van der Waals surface area contributed by atoms with E-state index >= 15 is 0 Å². The molecule has 5 rings (SSSR count). The van der Waals surface area contributed by atoms with E-state index in [9.17, 15) is 13.2 Å². The van der Waals surface area contributed by atoms with Gasteiger partial charge in [0.05, 0.1) is 29.0 Å². The Bertz CT molecular complexity index is 1180. The highest BCUT2D eigenvalue weighted by atomic mass is 35.5. The summed E-state index contributed by atoms with van der Waals surface area (Å²) in [4.78, 5) is 11.4. The molecule has 0 bridgehead atoms. The Morgan fingerprint density at radius 1 is 1.07 bits per heavy atom. The molecule has 1 aliphatic rings. The molecule has 2 heterocycles. The summed E-state index contributed by atoms with van der Waals surface area (Å²) in [6.45, 7) is 0. The average Bonchev–Trinajstić information content (AvgIpc) is 3.32. The number of benzene rings is 2. The maximum absolute atomic E-state index is 13.5. The number of H-pyrrole nitrogens is 1. The van der Waals surface area contributed by atoms with Crippen molar-refractivity contribution < 1.29 is 22.4 Å². The lowest BCUT2D eigenvalue weighted by Crippen LogP contribution is -2.25. The summed E-state index contributed by atoms with van der Waals surface area (Å²) < 4.78 is 51.4. The van der Waals surface area contributed by atoms with E-state index in [0.717, 1.165) is 36.4 Å². The third-order valence-corrected chi connectivity index (χ3v) is 4.98. The van der Waals surface area contributed by atoms with Crippen LogP contribution in [0.15, 0.2) is 47.2 Å². The van der Waals surface area contributed by atoms with Crippen LogP contribution in [-0.4, -0.2) is 26.2 Å². The van der Waals surface area contributed by atoms with Crippen LogP contribution in [0, 0.1) is 0 Å². The van der Waals surface area contributed by atoms with Crippen LogP contribution < -0.4 is 4.74 Å². The van der Waals surface area contributed by atoms with Crippen molar-refractivity contribution in [3.05, 3.63) is 48.3 Å². The molecule has 0 saturated heterocycles. The highest BCUT2D eigenvalue weighted by Gasteiger charge is 2.36. The Balaban J connectivity index is 0.00000218. The van der Waals surface area contributed by atoms with Gasteiger partial charge in [0, 0.05) is 11.1 Å². The molecule has 1 saturated carbocycles. The smallest absolute Gasteiger partial charge is 0.419 e. The molecule has 0 atom stereocenters. The minimum absolute atomic E-state index is 0. The fourth-order valence-corrected chi connectivity index (χ4v) is 3.19. The minimum atomic E-state index is -4.55. The molecule has 4 aromatic rings. The Morgan fingerprint density at radius 2 is 1.87 bits per heavy atom. The van der Waals surface area contributed by atoms with Crippen LogP contribution in [0.5, 0.6) is 5.75 Å². The summed E-state index contributed by atoms with van der Waals surface area (Å²) in [5, 5.41) is 3.91. The number of rotatable bonds is 4. The number of aromatic amines is 1. The molecular formula is C20H16ClF3N4O2. The van der Waals surface area contributed by atoms with Gasteiger partial charge in [-0.05, 0) is 55.7 Å². The second-order valence-corrected chi connectivity index (χ2v) is 6.94. The number of hydrogen-bond donors (Lipinski definition) is 1. The van der Waals surface area contributed by atoms with Crippen molar-refractivity contribution in [2.45, 2.75) is 31.5 Å². The Hall–Kier alpha value is -3.07. The van der Waals surface area contributed by atoms with Gasteiger partial charge in [-0.2, -0.15) is 18.2 Å². The van der Waals surface area contributed by atoms with Crippen LogP contribution >= 0.6 is 12.4 Å². The van der Waals surface area contributed by atoms with Gasteiger partial charge in [-0.3, -0.25) is 0 Å². The van der Waals surface area contributed by atoms with E-state index in [1.165, 1.54) is 12.1 Å². The lowest BCUT2D eigenvalue weighted by molar-refractivity contribution is -0.139. The second kappa shape index (κ2) is 7.64. The largest absolute Gasteiger partial charge is 0.490 e. The highest BCUT2D eigenvalue weighted by molar-refractivity contribution is 5.85. The van der Waals surface area contributed by atoms with Gasteiger partial charge in [0.15, 0.2) is 0 Å². The summed E-state index contributed by atoms with van der Waals surface area (Å²) >= 11 is 0. The van der Waals surface area contributed by atoms with E-state index < -0.39 is 11.7 Å². The van der Waals surface area contributed by atoms with E-state index in [1.807, 2.05) is 0 Å². The average molecular weight is 437 g/mol. The van der Waals surface area contributed by atoms with Crippen LogP contribution in [0.25, 0.3) is 33.9 Å². The number of nitrogens with zero attached hydrogens (tertiary/aromatic N) is 3. The maximum Gasteiger partial charge on any atom is 0.419 e. The van der Waals surface area contributed by atoms with E-state index in [4.69, 9.17) is 9.26 Å². The van der Waals surface area contributed by atoms with Crippen molar-refractivity contribution in [2.24, 2.45) is 0 Å². The van der Waals surface area contributed by atoms with Crippen molar-refractivity contribution in [1.82, 2.24) is 20.1 Å². The van der Waals surface area contributed by atoms with E-state index in [-0.39, 0.29) is 41.5 Å². The van der Waals surface area contributed by atoms with Crippen LogP contribution in [0.4, 0.5) is 13.2 Å². The molecule has 0 spiro atoms. The summed E-state index contributed by atoms with van der Waals surface area (Å²) in [5.41, 5.74) is 1.58. The summed E-state index contributed by atoms with van der Waals surface area (Å²) in [7, 11) is 0. The minimum Gasteiger partial charge on any atom is -0.490 e. The van der Waals surface area contributed by atoms with Gasteiger partial charge < -0.3 is 14.2 Å². The monoisotopic (exact) mass is 436 g/mol. The summed E-state index contributed by atoms with van der Waals surface area (Å²) in [6, 6.07) is 9.17. The molecule has 30 heavy (non-hydrogen) atoms. The number of imidazole rings is 1. The van der Waals surface area contributed by atoms with E-state index in [1.54, 1.807) is 24.5 Å². The predicted octanol–water partition coefficient (Wildman–Crippen LogP) is 5.65. The molecule has 0 radical (unpaired) electrons. The van der Waals surface area contributed by atoms with Gasteiger partial charge >= 0.3 is 6.18 Å². The van der Waals surface area contributed by atoms with Crippen molar-refractivity contribution in [2.75, 3.05) is 0 Å². The van der Waals surface area contributed by atoms with Crippen molar-refractivity contribution >= 4 is 23.4 Å². The number of hydrogen-bond acceptors (Lipinski definition) is 5. The zero-order valence-corrected chi connectivity index (χ0v) is 16.3. The number of aromatic nitrogens is 4. The first-order valence-electron chi connectivity index (χ1n) is 9.13. The van der Waals surface area contributed by atoms with Crippen LogP contribution in [0.3, 0.4) is 0 Å². The zero-order chi connectivity index (χ0) is 20.0. The number of halogens is 4. The van der Waals surface area contributed by atoms with Crippen LogP contribution in [0.2, 0.25) is 0 Å². The molecular weight excluding hydrogens is 421 g/mol. The van der Waals surface area contributed by atoms with E-state index in [2.05, 4.69) is 20.1 Å². The Kier molecular flexibility index (Phi) is 5.15. The normalized spacial score (nSPS) is 14.4. The van der Waals surface area contributed by atoms with Crippen molar-refractivity contribution in [3.63, 3.8) is 0 Å². The number of alkyl halides is 3. The summed E-state index contributed by atoms with van der Waals surface area (Å²) in [6.07, 6.45) is -0.626. The van der Waals surface area contributed by atoms with Crippen LogP contribution in [0.1, 0.15) is 24.8 Å². The van der Waals surface area contributed by atoms with Crippen molar-refractivity contribution in [1.29, 1.82) is 0 Å². The molecule has 0 amide bonds. The van der Waals surface area contributed by atoms with E-state index in [0.29, 0.717) is 5.56 Å². The van der Waals surface area contributed by atoms with Gasteiger partial charge in [0.1, 0.15) is 5.75 Å². The zero-order valence-electron chi connectivity index (χ0n) is 15.4. The molecule has 1 fully saturated rings. The lowest BCUT2D eigenvalue weighted by Gasteiger charge is -2.27. The molecule has 10 heteroatoms. The maximum atomic E-state index is 13.5. The standard InChI is InChI=1S/C20H15F3N4O2.ClH/c21-20(22,23)14-8-12(5-7-17(14)28-13-2-1-3-13)19-26-18(27-29-19)11-4-6-15-16(9-11)25-10-24-15;/h4-10,13H,1-3H2,(H,24,25);1H. The third-order valence-electron chi connectivity index (χ3n) is 4.98. The number of nitrogens with one attached hydrogen (secondary N) is 1. The molecule has 0 unspecified atom stereocenters. The Labute approximate surface area is 174 Å². The lowest BCUT2D eigenvalue weighted by atomic mass is 9.96. The molecule has 2 aromatic carbocycles. The molecule has 0 aliphatic heterocycles. The fraction of sp³-hybridized carbons (Fsp3) is 0.250. The quantitative estimate of drug-likeness (QED) is 0.447. The topological polar surface area (TPSA) is 76.8 Å². The second-order valence-electron chi connectivity index (χ2n) is 6.94. The van der Waals surface area contributed by atoms with Crippen molar-refractivity contribution in [3.8, 4) is 28.6 Å². The third kappa shape index (κ3) is 3.72. The first-order chi connectivity index (χ1) is 14.0. The molecule has 1 aliphatic carbocycles. The SMILES string of the molecule is Cl.FC(F)(F)c1cc(-c2nc(-c3ccc4nc[nH]c4c3)no2)ccc1OC1CCC1. The molecule has 156 valence electrons. The number of ether oxygens (including phenoxy) is 1. The number of fused-ring (bicyclic) bond motifs is 1. The highest BCUT2D eigenvalue weighted by Crippen LogP contribution is 2.40.